The van der Waals surface area contributed by atoms with Crippen LogP contribution in [0.1, 0.15) is 25.5 Å². The molecule has 2 aromatic carbocycles. The van der Waals surface area contributed by atoms with Crippen LogP contribution in [0.3, 0.4) is 0 Å². The van der Waals surface area contributed by atoms with E-state index in [-0.39, 0.29) is 0 Å². The molecular formula is C15H15NO2. The smallest absolute Gasteiger partial charge is 0.175 e. The highest BCUT2D eigenvalue weighted by Crippen LogP contribution is 2.36. The molecule has 3 rings (SSSR count). The van der Waals surface area contributed by atoms with Crippen LogP contribution < -0.4 is 4.74 Å². The fourth-order valence-corrected chi connectivity index (χ4v) is 2.33. The van der Waals surface area contributed by atoms with E-state index in [9.17, 15) is 0 Å². The number of hydrogen-bond acceptors (Lipinski definition) is 3. The Morgan fingerprint density at radius 1 is 1.11 bits per heavy atom. The quantitative estimate of drug-likeness (QED) is 0.677. The van der Waals surface area contributed by atoms with E-state index in [0.29, 0.717) is 5.92 Å². The van der Waals surface area contributed by atoms with E-state index < -0.39 is 0 Å². The average Bonchev–Trinajstić information content (AvgIpc) is 2.81. The fourth-order valence-electron chi connectivity index (χ4n) is 2.33. The van der Waals surface area contributed by atoms with Gasteiger partial charge in [-0.2, -0.15) is 0 Å². The summed E-state index contributed by atoms with van der Waals surface area (Å²) in [5.41, 5.74) is 1.82. The molecule has 0 bridgehead atoms. The van der Waals surface area contributed by atoms with Gasteiger partial charge in [-0.3, -0.25) is 0 Å². The van der Waals surface area contributed by atoms with Crippen LogP contribution in [0.15, 0.2) is 34.9 Å². The summed E-state index contributed by atoms with van der Waals surface area (Å²) >= 11 is 0. The molecule has 0 aliphatic carbocycles. The standard InChI is InChI=1S/C15H15NO2/c1-9(2)14-12-8-13(17-3)10-6-4-5-7-11(10)15(12)18-16-14/h4-9H,1-3H3. The van der Waals surface area contributed by atoms with Crippen LogP contribution in [-0.2, 0) is 0 Å². The summed E-state index contributed by atoms with van der Waals surface area (Å²) in [5, 5.41) is 7.33. The minimum Gasteiger partial charge on any atom is -0.496 e. The Hall–Kier alpha value is -2.03. The number of hydrogen-bond donors (Lipinski definition) is 0. The molecular weight excluding hydrogens is 226 g/mol. The molecule has 3 aromatic rings. The number of rotatable bonds is 2. The Bertz CT molecular complexity index is 713. The zero-order valence-corrected chi connectivity index (χ0v) is 10.7. The number of ether oxygens (including phenoxy) is 1. The molecule has 92 valence electrons. The summed E-state index contributed by atoms with van der Waals surface area (Å²) in [6.07, 6.45) is 0. The summed E-state index contributed by atoms with van der Waals surface area (Å²) in [4.78, 5) is 0. The van der Waals surface area contributed by atoms with E-state index in [1.165, 1.54) is 0 Å². The molecule has 0 aliphatic rings. The van der Waals surface area contributed by atoms with Crippen LogP contribution in [0.4, 0.5) is 0 Å². The second kappa shape index (κ2) is 4.02. The Morgan fingerprint density at radius 2 is 1.83 bits per heavy atom. The maximum absolute atomic E-state index is 5.52. The fraction of sp³-hybridized carbons (Fsp3) is 0.267. The molecule has 18 heavy (non-hydrogen) atoms. The van der Waals surface area contributed by atoms with E-state index in [1.54, 1.807) is 7.11 Å². The van der Waals surface area contributed by atoms with Crippen LogP contribution in [-0.4, -0.2) is 12.3 Å². The lowest BCUT2D eigenvalue weighted by molar-refractivity contribution is 0.420. The maximum atomic E-state index is 5.52. The van der Waals surface area contributed by atoms with Gasteiger partial charge >= 0.3 is 0 Å². The molecule has 3 heteroatoms. The number of methoxy groups -OCH3 is 1. The van der Waals surface area contributed by atoms with E-state index in [0.717, 1.165) is 33.2 Å². The Kier molecular flexibility index (Phi) is 2.47. The summed E-state index contributed by atoms with van der Waals surface area (Å²) in [6.45, 7) is 4.22. The molecule has 0 atom stereocenters. The van der Waals surface area contributed by atoms with Gasteiger partial charge in [-0.15, -0.1) is 0 Å². The van der Waals surface area contributed by atoms with Crippen molar-refractivity contribution in [1.82, 2.24) is 5.16 Å². The molecule has 0 saturated heterocycles. The van der Waals surface area contributed by atoms with Crippen LogP contribution in [0.5, 0.6) is 5.75 Å². The predicted molar refractivity (Wildman–Crippen MR) is 72.2 cm³/mol. The van der Waals surface area contributed by atoms with Crippen LogP contribution in [0, 0.1) is 0 Å². The van der Waals surface area contributed by atoms with Gasteiger partial charge < -0.3 is 9.26 Å². The van der Waals surface area contributed by atoms with E-state index in [2.05, 4.69) is 19.0 Å². The molecule has 0 fully saturated rings. The maximum Gasteiger partial charge on any atom is 0.175 e. The topological polar surface area (TPSA) is 35.3 Å². The number of nitrogens with zero attached hydrogens (tertiary/aromatic N) is 1. The van der Waals surface area contributed by atoms with Gasteiger partial charge in [0, 0.05) is 16.2 Å². The molecule has 0 spiro atoms. The molecule has 1 heterocycles. The Balaban J connectivity index is 2.48. The van der Waals surface area contributed by atoms with Crippen molar-refractivity contribution in [3.63, 3.8) is 0 Å². The van der Waals surface area contributed by atoms with Crippen molar-refractivity contribution in [2.75, 3.05) is 7.11 Å². The van der Waals surface area contributed by atoms with Gasteiger partial charge in [0.2, 0.25) is 0 Å². The summed E-state index contributed by atoms with van der Waals surface area (Å²) in [6, 6.07) is 10.1. The van der Waals surface area contributed by atoms with Crippen LogP contribution in [0.25, 0.3) is 21.7 Å². The number of aromatic nitrogens is 1. The molecule has 0 amide bonds. The molecule has 1 aromatic heterocycles. The van der Waals surface area contributed by atoms with Gasteiger partial charge in [0.1, 0.15) is 5.75 Å². The predicted octanol–water partition coefficient (Wildman–Crippen LogP) is 4.11. The largest absolute Gasteiger partial charge is 0.496 e. The molecule has 0 aliphatic heterocycles. The third kappa shape index (κ3) is 1.47. The highest BCUT2D eigenvalue weighted by molar-refractivity contribution is 6.08. The zero-order chi connectivity index (χ0) is 12.7. The van der Waals surface area contributed by atoms with Crippen molar-refractivity contribution in [3.05, 3.63) is 36.0 Å². The first-order valence-electron chi connectivity index (χ1n) is 6.07. The summed E-state index contributed by atoms with van der Waals surface area (Å²) in [7, 11) is 1.69. The number of fused-ring (bicyclic) bond motifs is 3. The van der Waals surface area contributed by atoms with Crippen LogP contribution >= 0.6 is 0 Å². The monoisotopic (exact) mass is 241 g/mol. The average molecular weight is 241 g/mol. The second-order valence-corrected chi connectivity index (χ2v) is 4.72. The van der Waals surface area contributed by atoms with Gasteiger partial charge in [-0.1, -0.05) is 43.3 Å². The Labute approximate surface area is 105 Å². The lowest BCUT2D eigenvalue weighted by atomic mass is 10.0. The lowest BCUT2D eigenvalue weighted by Gasteiger charge is -2.06. The molecule has 0 saturated carbocycles. The van der Waals surface area contributed by atoms with E-state index in [1.807, 2.05) is 30.3 Å². The highest BCUT2D eigenvalue weighted by Gasteiger charge is 2.16. The van der Waals surface area contributed by atoms with Crippen molar-refractivity contribution in [1.29, 1.82) is 0 Å². The molecule has 0 N–H and O–H groups in total. The van der Waals surface area contributed by atoms with E-state index >= 15 is 0 Å². The lowest BCUT2D eigenvalue weighted by Crippen LogP contribution is -1.89. The minimum atomic E-state index is 0.331. The normalized spacial score (nSPS) is 11.6. The number of benzene rings is 2. The first kappa shape index (κ1) is 11.1. The minimum absolute atomic E-state index is 0.331. The van der Waals surface area contributed by atoms with E-state index in [4.69, 9.17) is 9.26 Å². The highest BCUT2D eigenvalue weighted by atomic mass is 16.5. The summed E-state index contributed by atoms with van der Waals surface area (Å²) < 4.78 is 11.0. The molecule has 0 radical (unpaired) electrons. The van der Waals surface area contributed by atoms with Crippen molar-refractivity contribution in [2.24, 2.45) is 0 Å². The third-order valence-corrected chi connectivity index (χ3v) is 3.24. The van der Waals surface area contributed by atoms with Crippen molar-refractivity contribution in [2.45, 2.75) is 19.8 Å². The summed E-state index contributed by atoms with van der Waals surface area (Å²) in [5.74, 6) is 1.19. The van der Waals surface area contributed by atoms with Gasteiger partial charge in [-0.05, 0) is 12.0 Å². The van der Waals surface area contributed by atoms with Gasteiger partial charge in [0.15, 0.2) is 5.58 Å². The van der Waals surface area contributed by atoms with Crippen molar-refractivity contribution >= 4 is 21.7 Å². The molecule has 0 unspecified atom stereocenters. The second-order valence-electron chi connectivity index (χ2n) is 4.72. The van der Waals surface area contributed by atoms with Crippen molar-refractivity contribution < 1.29 is 9.26 Å². The first-order chi connectivity index (χ1) is 8.72. The van der Waals surface area contributed by atoms with Gasteiger partial charge in [-0.25, -0.2) is 0 Å². The van der Waals surface area contributed by atoms with Crippen molar-refractivity contribution in [3.8, 4) is 5.75 Å². The van der Waals surface area contributed by atoms with Gasteiger partial charge in [0.25, 0.3) is 0 Å². The third-order valence-electron chi connectivity index (χ3n) is 3.24. The SMILES string of the molecule is COc1cc2c(C(C)C)noc2c2ccccc12. The van der Waals surface area contributed by atoms with Crippen LogP contribution in [0.2, 0.25) is 0 Å². The van der Waals surface area contributed by atoms with Gasteiger partial charge in [0.05, 0.1) is 12.8 Å². The Morgan fingerprint density at radius 3 is 2.50 bits per heavy atom. The first-order valence-corrected chi connectivity index (χ1v) is 6.07. The zero-order valence-electron chi connectivity index (χ0n) is 10.7. The molecule has 3 nitrogen and oxygen atoms in total.